The smallest absolute Gasteiger partial charge is 0.432 e. The topological polar surface area (TPSA) is 36.9 Å². The zero-order chi connectivity index (χ0) is 27.9. The highest BCUT2D eigenvalue weighted by molar-refractivity contribution is 5.37. The fourth-order valence-corrected chi connectivity index (χ4v) is 3.65. The molecule has 0 N–H and O–H groups in total. The van der Waals surface area contributed by atoms with Gasteiger partial charge >= 0.3 is 12.2 Å². The second kappa shape index (κ2) is 13.1. The van der Waals surface area contributed by atoms with Gasteiger partial charge in [-0.25, -0.2) is 17.6 Å². The molecule has 0 aliphatic carbocycles. The van der Waals surface area contributed by atoms with Crippen molar-refractivity contribution in [3.8, 4) is 11.5 Å². The molecule has 0 atom stereocenters. The lowest BCUT2D eigenvalue weighted by molar-refractivity contribution is -0.206. The highest BCUT2D eigenvalue weighted by atomic mass is 19.3. The Balaban J connectivity index is 1.69. The van der Waals surface area contributed by atoms with E-state index in [0.717, 1.165) is 25.7 Å². The molecule has 0 spiro atoms. The van der Waals surface area contributed by atoms with Gasteiger partial charge in [0.1, 0.15) is 22.9 Å². The number of ether oxygens (including phenoxy) is 4. The molecule has 208 valence electrons. The van der Waals surface area contributed by atoms with E-state index < -0.39 is 58.8 Å². The van der Waals surface area contributed by atoms with Crippen LogP contribution in [0, 0.1) is 29.2 Å². The van der Waals surface area contributed by atoms with Crippen LogP contribution in [-0.2, 0) is 15.6 Å². The summed E-state index contributed by atoms with van der Waals surface area (Å²) >= 11 is 0. The van der Waals surface area contributed by atoms with Crippen molar-refractivity contribution in [2.45, 2.75) is 45.0 Å². The zero-order valence-corrected chi connectivity index (χ0v) is 20.1. The molecule has 0 unspecified atom stereocenters. The second-order valence-corrected chi connectivity index (χ2v) is 8.42. The Morgan fingerprint density at radius 1 is 0.921 bits per heavy atom. The van der Waals surface area contributed by atoms with Crippen LogP contribution in [0.3, 0.4) is 0 Å². The quantitative estimate of drug-likeness (QED) is 0.160. The summed E-state index contributed by atoms with van der Waals surface area (Å²) < 4.78 is 130. The van der Waals surface area contributed by atoms with E-state index in [9.17, 15) is 35.1 Å². The van der Waals surface area contributed by atoms with Crippen molar-refractivity contribution < 1.29 is 54.1 Å². The second-order valence-electron chi connectivity index (χ2n) is 8.42. The largest absolute Gasteiger partial charge is 0.453 e. The van der Waals surface area contributed by atoms with Gasteiger partial charge < -0.3 is 18.9 Å². The monoisotopic (exact) mass is 552 g/mol. The number of allylic oxidation sites excluding steroid dienone is 2. The van der Waals surface area contributed by atoms with Crippen molar-refractivity contribution in [1.82, 2.24) is 0 Å². The number of hydrogen-bond acceptors (Lipinski definition) is 4. The Bertz CT molecular complexity index is 1110. The minimum absolute atomic E-state index is 0.0498. The summed E-state index contributed by atoms with van der Waals surface area (Å²) in [6, 6.07) is 1.54. The van der Waals surface area contributed by atoms with Gasteiger partial charge in [-0.2, -0.15) is 17.6 Å². The number of halogens is 8. The van der Waals surface area contributed by atoms with E-state index >= 15 is 0 Å². The Morgan fingerprint density at radius 3 is 2.05 bits per heavy atom. The van der Waals surface area contributed by atoms with Crippen LogP contribution in [0.1, 0.15) is 50.0 Å². The molecular weight excluding hydrogens is 528 g/mol. The minimum Gasteiger partial charge on any atom is -0.453 e. The van der Waals surface area contributed by atoms with Gasteiger partial charge in [0.2, 0.25) is 0 Å². The zero-order valence-electron chi connectivity index (χ0n) is 20.1. The maximum atomic E-state index is 14.6. The van der Waals surface area contributed by atoms with Gasteiger partial charge in [-0.05, 0) is 31.4 Å². The number of benzene rings is 2. The predicted octanol–water partition coefficient (Wildman–Crippen LogP) is 8.29. The molecule has 1 aliphatic rings. The molecule has 3 rings (SSSR count). The molecule has 2 aromatic rings. The molecule has 0 amide bonds. The SMILES string of the molecule is CCCC=CCCC1COC(c2cc(F)c(C(F)(F)Oc3cc(F)c(OC=C(F)F)c(F)c3)c(F)c2)OC1. The van der Waals surface area contributed by atoms with E-state index in [1.54, 1.807) is 0 Å². The summed E-state index contributed by atoms with van der Waals surface area (Å²) in [6.45, 7) is 2.54. The van der Waals surface area contributed by atoms with Crippen LogP contribution in [-0.4, -0.2) is 13.2 Å². The average Bonchev–Trinajstić information content (AvgIpc) is 2.82. The van der Waals surface area contributed by atoms with Gasteiger partial charge in [-0.1, -0.05) is 25.5 Å². The fraction of sp³-hybridized carbons (Fsp3) is 0.385. The first-order valence-corrected chi connectivity index (χ1v) is 11.6. The fourth-order valence-electron chi connectivity index (χ4n) is 3.65. The summed E-state index contributed by atoms with van der Waals surface area (Å²) in [5, 5.41) is 0. The van der Waals surface area contributed by atoms with Gasteiger partial charge in [0.05, 0.1) is 13.2 Å². The molecule has 1 fully saturated rings. The first-order chi connectivity index (χ1) is 18.0. The third-order valence-electron chi connectivity index (χ3n) is 5.44. The van der Waals surface area contributed by atoms with Crippen LogP contribution >= 0.6 is 0 Å². The van der Waals surface area contributed by atoms with E-state index in [2.05, 4.69) is 28.5 Å². The van der Waals surface area contributed by atoms with Crippen molar-refractivity contribution in [3.05, 3.63) is 83.2 Å². The Morgan fingerprint density at radius 2 is 1.50 bits per heavy atom. The first kappa shape index (κ1) is 29.4. The molecule has 0 bridgehead atoms. The highest BCUT2D eigenvalue weighted by Gasteiger charge is 2.42. The van der Waals surface area contributed by atoms with Crippen molar-refractivity contribution in [3.63, 3.8) is 0 Å². The van der Waals surface area contributed by atoms with Gasteiger partial charge in [-0.15, -0.1) is 0 Å². The number of alkyl halides is 2. The molecule has 1 saturated heterocycles. The summed E-state index contributed by atoms with van der Waals surface area (Å²) in [6.07, 6.45) is -0.852. The molecule has 1 heterocycles. The molecule has 1 aliphatic heterocycles. The maximum Gasteiger partial charge on any atom is 0.432 e. The van der Waals surface area contributed by atoms with E-state index in [1.807, 2.05) is 0 Å². The Hall–Kier alpha value is -3.12. The Kier molecular flexibility index (Phi) is 10.1. The molecule has 12 heteroatoms. The summed E-state index contributed by atoms with van der Waals surface area (Å²) in [5.74, 6) is -9.24. The highest BCUT2D eigenvalue weighted by Crippen LogP contribution is 2.39. The van der Waals surface area contributed by atoms with Crippen LogP contribution in [0.5, 0.6) is 11.5 Å². The van der Waals surface area contributed by atoms with E-state index in [1.165, 1.54) is 0 Å². The third kappa shape index (κ3) is 7.70. The molecule has 0 aromatic heterocycles. The van der Waals surface area contributed by atoms with Crippen LogP contribution < -0.4 is 9.47 Å². The lowest BCUT2D eigenvalue weighted by atomic mass is 10.0. The third-order valence-corrected chi connectivity index (χ3v) is 5.44. The summed E-state index contributed by atoms with van der Waals surface area (Å²) in [5.41, 5.74) is -2.01. The minimum atomic E-state index is -4.72. The van der Waals surface area contributed by atoms with Gasteiger partial charge in [0.15, 0.2) is 29.9 Å². The van der Waals surface area contributed by atoms with Crippen LogP contribution in [0.4, 0.5) is 35.1 Å². The lowest BCUT2D eigenvalue weighted by Gasteiger charge is -2.30. The molecule has 4 nitrogen and oxygen atoms in total. The molecule has 0 radical (unpaired) electrons. The van der Waals surface area contributed by atoms with Crippen molar-refractivity contribution >= 4 is 0 Å². The van der Waals surface area contributed by atoms with E-state index in [-0.39, 0.29) is 43.1 Å². The predicted molar refractivity (Wildman–Crippen MR) is 120 cm³/mol. The normalized spacial score (nSPS) is 18.0. The van der Waals surface area contributed by atoms with E-state index in [4.69, 9.17) is 9.47 Å². The standard InChI is InChI=1S/C26H24F8O4/c1-2-3-4-5-6-7-15-12-36-25(37-13-15)16-8-18(27)23(19(28)9-16)26(33,34)38-17-10-20(29)24(21(30)11-17)35-14-22(31)32/h4-5,8-11,14-15,25H,2-3,6-7,12-13H2,1H3. The maximum absolute atomic E-state index is 14.6. The van der Waals surface area contributed by atoms with E-state index in [0.29, 0.717) is 12.1 Å². The molecule has 38 heavy (non-hydrogen) atoms. The molecule has 0 saturated carbocycles. The van der Waals surface area contributed by atoms with Crippen LogP contribution in [0.25, 0.3) is 0 Å². The van der Waals surface area contributed by atoms with Gasteiger partial charge in [-0.3, -0.25) is 0 Å². The van der Waals surface area contributed by atoms with Gasteiger partial charge in [0, 0.05) is 23.6 Å². The van der Waals surface area contributed by atoms with Crippen molar-refractivity contribution in [1.29, 1.82) is 0 Å². The van der Waals surface area contributed by atoms with Crippen LogP contribution in [0.2, 0.25) is 0 Å². The van der Waals surface area contributed by atoms with Gasteiger partial charge in [0.25, 0.3) is 0 Å². The number of unbranched alkanes of at least 4 members (excludes halogenated alkanes) is 1. The molecule has 2 aromatic carbocycles. The Labute approximate surface area is 213 Å². The number of hydrogen-bond donors (Lipinski definition) is 0. The average molecular weight is 552 g/mol. The lowest BCUT2D eigenvalue weighted by Crippen LogP contribution is -2.28. The van der Waals surface area contributed by atoms with Crippen molar-refractivity contribution in [2.75, 3.05) is 13.2 Å². The number of rotatable bonds is 11. The summed E-state index contributed by atoms with van der Waals surface area (Å²) in [4.78, 5) is 0. The van der Waals surface area contributed by atoms with Crippen LogP contribution in [0.15, 0.2) is 48.8 Å². The molecular formula is C26H24F8O4. The summed E-state index contributed by atoms with van der Waals surface area (Å²) in [7, 11) is 0. The first-order valence-electron chi connectivity index (χ1n) is 11.6. The van der Waals surface area contributed by atoms with Crippen molar-refractivity contribution in [2.24, 2.45) is 5.92 Å².